The second-order valence-electron chi connectivity index (χ2n) is 9.01. The molecule has 42 heavy (non-hydrogen) atoms. The highest BCUT2D eigenvalue weighted by molar-refractivity contribution is 7.87. The van der Waals surface area contributed by atoms with Crippen molar-refractivity contribution in [2.45, 2.75) is 11.8 Å². The van der Waals surface area contributed by atoms with Crippen molar-refractivity contribution >= 4 is 32.6 Å². The number of rotatable bonds is 6. The molecule has 216 valence electrons. The fourth-order valence-corrected chi connectivity index (χ4v) is 5.40. The highest BCUT2D eigenvalue weighted by Crippen LogP contribution is 2.34. The maximum absolute atomic E-state index is 14.1. The third-order valence-electron chi connectivity index (χ3n) is 6.43. The first-order valence-corrected chi connectivity index (χ1v) is 13.7. The zero-order valence-electron chi connectivity index (χ0n) is 21.5. The molecular formula is C29H17ClF5NO5S. The maximum Gasteiger partial charge on any atom is 0.339 e. The summed E-state index contributed by atoms with van der Waals surface area (Å²) in [5.41, 5.74) is 2.50. The van der Waals surface area contributed by atoms with Gasteiger partial charge in [-0.3, -0.25) is 9.36 Å². The first-order valence-electron chi connectivity index (χ1n) is 11.9. The summed E-state index contributed by atoms with van der Waals surface area (Å²) in [5.74, 6) is -13.8. The van der Waals surface area contributed by atoms with E-state index in [1.807, 2.05) is 19.1 Å². The van der Waals surface area contributed by atoms with E-state index in [1.165, 1.54) is 23.8 Å². The molecule has 0 aliphatic carbocycles. The molecule has 4 aromatic carbocycles. The average molecular weight is 622 g/mol. The molecule has 0 fully saturated rings. The lowest BCUT2D eigenvalue weighted by atomic mass is 10.0. The molecular weight excluding hydrogens is 605 g/mol. The second-order valence-corrected chi connectivity index (χ2v) is 11.0. The van der Waals surface area contributed by atoms with Gasteiger partial charge in [-0.05, 0) is 72.1 Å². The first-order chi connectivity index (χ1) is 19.8. The molecule has 0 unspecified atom stereocenters. The van der Waals surface area contributed by atoms with Crippen molar-refractivity contribution in [1.29, 1.82) is 0 Å². The number of pyridine rings is 1. The Kier molecular flexibility index (Phi) is 7.46. The molecule has 0 aliphatic rings. The Balaban J connectivity index is 1.59. The number of fused-ring (bicyclic) bond motifs is 1. The van der Waals surface area contributed by atoms with Gasteiger partial charge in [-0.25, -0.2) is 13.2 Å². The Hall–Kier alpha value is -4.42. The summed E-state index contributed by atoms with van der Waals surface area (Å²) in [7, 11) is -3.69. The van der Waals surface area contributed by atoms with Crippen LogP contribution >= 0.6 is 11.6 Å². The number of hydrogen-bond acceptors (Lipinski definition) is 5. The van der Waals surface area contributed by atoms with Crippen molar-refractivity contribution in [3.05, 3.63) is 117 Å². The van der Waals surface area contributed by atoms with E-state index in [0.717, 1.165) is 34.9 Å². The predicted molar refractivity (Wildman–Crippen MR) is 145 cm³/mol. The van der Waals surface area contributed by atoms with Gasteiger partial charge in [0.15, 0.2) is 0 Å². The normalized spacial score (nSPS) is 11.6. The Labute approximate surface area is 240 Å². The molecule has 0 saturated carbocycles. The zero-order valence-corrected chi connectivity index (χ0v) is 23.1. The second kappa shape index (κ2) is 10.8. The van der Waals surface area contributed by atoms with E-state index in [2.05, 4.69) is 4.18 Å². The van der Waals surface area contributed by atoms with Crippen LogP contribution in [0.1, 0.15) is 5.56 Å². The summed E-state index contributed by atoms with van der Waals surface area (Å²) in [6.45, 7) is 1.86. The molecule has 5 rings (SSSR count). The third-order valence-corrected chi connectivity index (χ3v) is 8.07. The van der Waals surface area contributed by atoms with Crippen molar-refractivity contribution in [2.24, 2.45) is 0 Å². The summed E-state index contributed by atoms with van der Waals surface area (Å²) < 4.78 is 105. The van der Waals surface area contributed by atoms with Crippen molar-refractivity contribution in [3.8, 4) is 28.3 Å². The number of halogens is 6. The molecule has 6 nitrogen and oxygen atoms in total. The summed E-state index contributed by atoms with van der Waals surface area (Å²) >= 11 is 6.13. The van der Waals surface area contributed by atoms with Crippen LogP contribution in [-0.4, -0.2) is 20.1 Å². The molecule has 13 heteroatoms. The zero-order chi connectivity index (χ0) is 30.5. The van der Waals surface area contributed by atoms with Gasteiger partial charge in [0.2, 0.25) is 34.8 Å². The largest absolute Gasteiger partial charge is 0.495 e. The summed E-state index contributed by atoms with van der Waals surface area (Å²) in [6.07, 6.45) is 0. The SMILES string of the molecule is COc1cc(-c2ccc(Cl)c(C)c2)ccc1-n1c(=O)ccc2cc(S(=O)(=O)Oc3c(F)c(F)c(F)c(F)c3F)ccc21. The number of ether oxygens (including phenoxy) is 1. The highest BCUT2D eigenvalue weighted by atomic mass is 35.5. The monoisotopic (exact) mass is 621 g/mol. The predicted octanol–water partition coefficient (Wildman–Crippen LogP) is 7.09. The van der Waals surface area contributed by atoms with E-state index in [0.29, 0.717) is 16.5 Å². The quantitative estimate of drug-likeness (QED) is 0.0876. The molecule has 0 aliphatic heterocycles. The molecule has 1 aromatic heterocycles. The first kappa shape index (κ1) is 29.1. The lowest BCUT2D eigenvalue weighted by Gasteiger charge is -2.16. The van der Waals surface area contributed by atoms with Crippen LogP contribution in [0.5, 0.6) is 11.5 Å². The van der Waals surface area contributed by atoms with Gasteiger partial charge in [0.25, 0.3) is 5.56 Å². The van der Waals surface area contributed by atoms with E-state index in [-0.39, 0.29) is 10.9 Å². The minimum Gasteiger partial charge on any atom is -0.495 e. The number of aromatic nitrogens is 1. The number of aryl methyl sites for hydroxylation is 1. The van der Waals surface area contributed by atoms with Crippen LogP contribution in [-0.2, 0) is 10.1 Å². The molecule has 0 saturated heterocycles. The van der Waals surface area contributed by atoms with E-state index >= 15 is 0 Å². The summed E-state index contributed by atoms with van der Waals surface area (Å²) in [6, 6.07) is 16.2. The lowest BCUT2D eigenvalue weighted by molar-refractivity contribution is 0.346. The van der Waals surface area contributed by atoms with Gasteiger partial charge in [0, 0.05) is 16.5 Å². The maximum atomic E-state index is 14.1. The smallest absolute Gasteiger partial charge is 0.339 e. The number of nitrogens with zero attached hydrogens (tertiary/aromatic N) is 1. The van der Waals surface area contributed by atoms with Crippen molar-refractivity contribution in [2.75, 3.05) is 7.11 Å². The minimum absolute atomic E-state index is 0.163. The Bertz CT molecular complexity index is 2050. The fraction of sp³-hybridized carbons (Fsp3) is 0.0690. The van der Waals surface area contributed by atoms with E-state index in [9.17, 15) is 35.2 Å². The lowest BCUT2D eigenvalue weighted by Crippen LogP contribution is -2.19. The Morgan fingerprint density at radius 3 is 2.02 bits per heavy atom. The van der Waals surface area contributed by atoms with Gasteiger partial charge >= 0.3 is 10.1 Å². The topological polar surface area (TPSA) is 74.6 Å². The Morgan fingerprint density at radius 2 is 1.38 bits per heavy atom. The molecule has 0 spiro atoms. The van der Waals surface area contributed by atoms with E-state index in [1.54, 1.807) is 24.3 Å². The molecule has 0 N–H and O–H groups in total. The molecule has 1 heterocycles. The molecule has 0 radical (unpaired) electrons. The van der Waals surface area contributed by atoms with Crippen LogP contribution in [0.4, 0.5) is 22.0 Å². The van der Waals surface area contributed by atoms with Gasteiger partial charge in [-0.1, -0.05) is 23.7 Å². The van der Waals surface area contributed by atoms with Gasteiger partial charge in [0.05, 0.1) is 18.3 Å². The van der Waals surface area contributed by atoms with Gasteiger partial charge in [-0.15, -0.1) is 0 Å². The van der Waals surface area contributed by atoms with Gasteiger partial charge < -0.3 is 8.92 Å². The van der Waals surface area contributed by atoms with Crippen LogP contribution < -0.4 is 14.5 Å². The number of benzene rings is 4. The van der Waals surface area contributed by atoms with Crippen LogP contribution in [0.3, 0.4) is 0 Å². The van der Waals surface area contributed by atoms with E-state index in [4.69, 9.17) is 16.3 Å². The average Bonchev–Trinajstić information content (AvgIpc) is 2.98. The molecule has 5 aromatic rings. The molecule has 0 amide bonds. The Morgan fingerprint density at radius 1 is 0.762 bits per heavy atom. The summed E-state index contributed by atoms with van der Waals surface area (Å²) in [5, 5.41) is 0.764. The molecule has 0 bridgehead atoms. The third kappa shape index (κ3) is 4.96. The fourth-order valence-electron chi connectivity index (χ4n) is 4.31. The van der Waals surface area contributed by atoms with Crippen LogP contribution in [0.15, 0.2) is 76.4 Å². The van der Waals surface area contributed by atoms with Crippen molar-refractivity contribution < 1.29 is 39.3 Å². The number of hydrogen-bond donors (Lipinski definition) is 0. The molecule has 0 atom stereocenters. The minimum atomic E-state index is -5.10. The van der Waals surface area contributed by atoms with Crippen LogP contribution in [0.2, 0.25) is 5.02 Å². The van der Waals surface area contributed by atoms with Crippen molar-refractivity contribution in [1.82, 2.24) is 4.57 Å². The van der Waals surface area contributed by atoms with Gasteiger partial charge in [0.1, 0.15) is 10.6 Å². The number of methoxy groups -OCH3 is 1. The summed E-state index contributed by atoms with van der Waals surface area (Å²) in [4.78, 5) is 12.3. The van der Waals surface area contributed by atoms with E-state index < -0.39 is 55.4 Å². The highest BCUT2D eigenvalue weighted by Gasteiger charge is 2.31. The van der Waals surface area contributed by atoms with Crippen LogP contribution in [0.25, 0.3) is 27.7 Å². The van der Waals surface area contributed by atoms with Gasteiger partial charge in [-0.2, -0.15) is 17.2 Å². The van der Waals surface area contributed by atoms with Crippen molar-refractivity contribution in [3.63, 3.8) is 0 Å². The standard InChI is InChI=1S/C29H17ClF5NO5S/c1-14-11-15(3-7-19(14)30)16-4-8-21(22(13-16)40-2)36-20-9-6-18(12-17(20)5-10-23(36)37)42(38,39)41-29-27(34)25(32)24(31)26(33)28(29)35/h3-13H,1-2H3. The van der Waals surface area contributed by atoms with Crippen LogP contribution in [0, 0.1) is 36.0 Å².